The van der Waals surface area contributed by atoms with Gasteiger partial charge in [0.25, 0.3) is 5.91 Å². The molecule has 25 heavy (non-hydrogen) atoms. The van der Waals surface area contributed by atoms with Crippen LogP contribution >= 0.6 is 0 Å². The molecule has 0 aliphatic carbocycles. The van der Waals surface area contributed by atoms with Crippen LogP contribution in [0.5, 0.6) is 5.75 Å². The van der Waals surface area contributed by atoms with Crippen LogP contribution in [-0.2, 0) is 14.8 Å². The SMILES string of the molecule is CCC(Oc1ccc(N(C)S(C)(=O)=O)cc1)C(=O)Nc1cccnc1. The number of benzene rings is 1. The van der Waals surface area contributed by atoms with Crippen molar-refractivity contribution in [1.29, 1.82) is 0 Å². The minimum atomic E-state index is -3.32. The van der Waals surface area contributed by atoms with E-state index in [9.17, 15) is 13.2 Å². The van der Waals surface area contributed by atoms with E-state index in [4.69, 9.17) is 4.74 Å². The van der Waals surface area contributed by atoms with Crippen LogP contribution < -0.4 is 14.4 Å². The molecule has 0 radical (unpaired) electrons. The van der Waals surface area contributed by atoms with Gasteiger partial charge in [0.15, 0.2) is 6.10 Å². The molecule has 1 heterocycles. The van der Waals surface area contributed by atoms with Crippen molar-refractivity contribution in [2.75, 3.05) is 22.9 Å². The van der Waals surface area contributed by atoms with E-state index >= 15 is 0 Å². The molecule has 1 N–H and O–H groups in total. The van der Waals surface area contributed by atoms with Gasteiger partial charge in [0, 0.05) is 13.2 Å². The number of sulfonamides is 1. The van der Waals surface area contributed by atoms with Gasteiger partial charge in [0.2, 0.25) is 10.0 Å². The third-order valence-electron chi connectivity index (χ3n) is 3.57. The average Bonchev–Trinajstić information content (AvgIpc) is 2.59. The highest BCUT2D eigenvalue weighted by atomic mass is 32.2. The molecule has 134 valence electrons. The molecular formula is C17H21N3O4S. The minimum Gasteiger partial charge on any atom is -0.481 e. The highest BCUT2D eigenvalue weighted by Gasteiger charge is 2.19. The first kappa shape index (κ1) is 18.7. The lowest BCUT2D eigenvalue weighted by atomic mass is 10.2. The molecule has 1 atom stereocenters. The van der Waals surface area contributed by atoms with Gasteiger partial charge in [-0.2, -0.15) is 0 Å². The second-order valence-electron chi connectivity index (χ2n) is 5.47. The predicted molar refractivity (Wildman–Crippen MR) is 97.3 cm³/mol. The molecule has 0 fully saturated rings. The zero-order valence-electron chi connectivity index (χ0n) is 14.3. The van der Waals surface area contributed by atoms with Crippen molar-refractivity contribution in [3.05, 3.63) is 48.8 Å². The Bertz CT molecular complexity index is 808. The van der Waals surface area contributed by atoms with Gasteiger partial charge in [0.1, 0.15) is 5.75 Å². The number of hydrogen-bond acceptors (Lipinski definition) is 5. The lowest BCUT2D eigenvalue weighted by molar-refractivity contribution is -0.122. The van der Waals surface area contributed by atoms with Crippen LogP contribution in [0.1, 0.15) is 13.3 Å². The summed E-state index contributed by atoms with van der Waals surface area (Å²) in [5.74, 6) is 0.215. The molecule has 0 aliphatic rings. The molecule has 1 aromatic heterocycles. The number of aromatic nitrogens is 1. The van der Waals surface area contributed by atoms with Gasteiger partial charge >= 0.3 is 0 Å². The molecule has 0 aliphatic heterocycles. The van der Waals surface area contributed by atoms with Crippen LogP contribution in [0.15, 0.2) is 48.8 Å². The first-order valence-electron chi connectivity index (χ1n) is 7.72. The smallest absolute Gasteiger partial charge is 0.265 e. The Labute approximate surface area is 147 Å². The van der Waals surface area contributed by atoms with Crippen molar-refractivity contribution in [2.45, 2.75) is 19.4 Å². The average molecular weight is 363 g/mol. The van der Waals surface area contributed by atoms with Crippen molar-refractivity contribution >= 4 is 27.3 Å². The monoisotopic (exact) mass is 363 g/mol. The molecular weight excluding hydrogens is 342 g/mol. The van der Waals surface area contributed by atoms with Crippen molar-refractivity contribution in [1.82, 2.24) is 4.98 Å². The van der Waals surface area contributed by atoms with E-state index in [0.717, 1.165) is 6.26 Å². The van der Waals surface area contributed by atoms with E-state index in [1.807, 2.05) is 6.92 Å². The summed E-state index contributed by atoms with van der Waals surface area (Å²) >= 11 is 0. The van der Waals surface area contributed by atoms with Gasteiger partial charge in [0.05, 0.1) is 23.8 Å². The number of ether oxygens (including phenoxy) is 1. The fourth-order valence-corrected chi connectivity index (χ4v) is 2.58. The van der Waals surface area contributed by atoms with Gasteiger partial charge in [-0.3, -0.25) is 14.1 Å². The van der Waals surface area contributed by atoms with Crippen LogP contribution in [0.25, 0.3) is 0 Å². The third kappa shape index (κ3) is 5.18. The molecule has 0 saturated heterocycles. The summed E-state index contributed by atoms with van der Waals surface area (Å²) in [6.45, 7) is 1.85. The van der Waals surface area contributed by atoms with Crippen molar-refractivity contribution in [3.8, 4) is 5.75 Å². The van der Waals surface area contributed by atoms with E-state index in [-0.39, 0.29) is 5.91 Å². The fourth-order valence-electron chi connectivity index (χ4n) is 2.07. The lowest BCUT2D eigenvalue weighted by Crippen LogP contribution is -2.32. The van der Waals surface area contributed by atoms with Crippen molar-refractivity contribution < 1.29 is 17.9 Å². The molecule has 1 unspecified atom stereocenters. The number of carbonyl (C=O) groups is 1. The largest absolute Gasteiger partial charge is 0.481 e. The second-order valence-corrected chi connectivity index (χ2v) is 7.48. The second kappa shape index (κ2) is 7.98. The summed E-state index contributed by atoms with van der Waals surface area (Å²) in [6.07, 6.45) is 4.13. The summed E-state index contributed by atoms with van der Waals surface area (Å²) in [7, 11) is -1.85. The van der Waals surface area contributed by atoms with E-state index in [2.05, 4.69) is 10.3 Å². The summed E-state index contributed by atoms with van der Waals surface area (Å²) < 4.78 is 30.0. The third-order valence-corrected chi connectivity index (χ3v) is 4.77. The van der Waals surface area contributed by atoms with E-state index < -0.39 is 16.1 Å². The number of rotatable bonds is 7. The summed E-state index contributed by atoms with van der Waals surface area (Å²) in [4.78, 5) is 16.2. The minimum absolute atomic E-state index is 0.271. The Hall–Kier alpha value is -2.61. The maximum absolute atomic E-state index is 12.3. The Kier molecular flexibility index (Phi) is 5.97. The quantitative estimate of drug-likeness (QED) is 0.815. The topological polar surface area (TPSA) is 88.6 Å². The molecule has 0 saturated carbocycles. The molecule has 7 nitrogen and oxygen atoms in total. The van der Waals surface area contributed by atoms with Gasteiger partial charge < -0.3 is 10.1 Å². The number of nitrogens with one attached hydrogen (secondary N) is 1. The van der Waals surface area contributed by atoms with Crippen LogP contribution in [0.4, 0.5) is 11.4 Å². The van der Waals surface area contributed by atoms with Crippen molar-refractivity contribution in [3.63, 3.8) is 0 Å². The van der Waals surface area contributed by atoms with E-state index in [1.54, 1.807) is 48.8 Å². The lowest BCUT2D eigenvalue weighted by Gasteiger charge is -2.19. The normalized spacial score (nSPS) is 12.3. The summed E-state index contributed by atoms with van der Waals surface area (Å²) in [5.41, 5.74) is 1.11. The van der Waals surface area contributed by atoms with Crippen LogP contribution in [0.2, 0.25) is 0 Å². The molecule has 1 aromatic carbocycles. The van der Waals surface area contributed by atoms with Crippen molar-refractivity contribution in [2.24, 2.45) is 0 Å². The van der Waals surface area contributed by atoms with E-state index in [1.165, 1.54) is 11.4 Å². The summed E-state index contributed by atoms with van der Waals surface area (Å²) in [6, 6.07) is 10.0. The fraction of sp³-hybridized carbons (Fsp3) is 0.294. The first-order valence-corrected chi connectivity index (χ1v) is 9.57. The number of anilines is 2. The highest BCUT2D eigenvalue weighted by Crippen LogP contribution is 2.21. The molecule has 2 aromatic rings. The molecule has 2 rings (SSSR count). The molecule has 1 amide bonds. The Morgan fingerprint density at radius 3 is 2.48 bits per heavy atom. The standard InChI is InChI=1S/C17H21N3O4S/c1-4-16(17(21)19-13-6-5-11-18-12-13)24-15-9-7-14(8-10-15)20(2)25(3,22)23/h5-12,16H,4H2,1-3H3,(H,19,21). The number of amides is 1. The number of pyridine rings is 1. The van der Waals surface area contributed by atoms with Crippen LogP contribution in [0, 0.1) is 0 Å². The summed E-state index contributed by atoms with van der Waals surface area (Å²) in [5, 5.41) is 2.75. The first-order chi connectivity index (χ1) is 11.8. The Morgan fingerprint density at radius 2 is 1.96 bits per heavy atom. The zero-order valence-corrected chi connectivity index (χ0v) is 15.2. The predicted octanol–water partition coefficient (Wildman–Crippen LogP) is 2.27. The Balaban J connectivity index is 2.05. The van der Waals surface area contributed by atoms with Crippen LogP contribution in [-0.4, -0.2) is 38.7 Å². The maximum Gasteiger partial charge on any atom is 0.265 e. The molecule has 8 heteroatoms. The van der Waals surface area contributed by atoms with Crippen LogP contribution in [0.3, 0.4) is 0 Å². The van der Waals surface area contributed by atoms with Gasteiger partial charge in [-0.05, 0) is 42.8 Å². The number of hydrogen-bond donors (Lipinski definition) is 1. The number of nitrogens with zero attached hydrogens (tertiary/aromatic N) is 2. The van der Waals surface area contributed by atoms with E-state index in [0.29, 0.717) is 23.5 Å². The maximum atomic E-state index is 12.3. The van der Waals surface area contributed by atoms with Gasteiger partial charge in [-0.1, -0.05) is 6.92 Å². The Morgan fingerprint density at radius 1 is 1.28 bits per heavy atom. The molecule has 0 bridgehead atoms. The van der Waals surface area contributed by atoms with Gasteiger partial charge in [-0.25, -0.2) is 8.42 Å². The highest BCUT2D eigenvalue weighted by molar-refractivity contribution is 7.92. The van der Waals surface area contributed by atoms with Gasteiger partial charge in [-0.15, -0.1) is 0 Å². The zero-order chi connectivity index (χ0) is 18.4. The number of carbonyl (C=O) groups excluding carboxylic acids is 1. The molecule has 0 spiro atoms.